The van der Waals surface area contributed by atoms with Gasteiger partial charge in [0.1, 0.15) is 11.6 Å². The Hall–Kier alpha value is -0.300. The van der Waals surface area contributed by atoms with Crippen molar-refractivity contribution < 1.29 is 5.11 Å². The average molecular weight is 353 g/mol. The number of hydrogen-bond acceptors (Lipinski definition) is 2. The fourth-order valence-electron chi connectivity index (χ4n) is 1.14. The first-order chi connectivity index (χ1) is 6.20. The number of aromatic nitrogens is 2. The molecule has 0 saturated carbocycles. The lowest BCUT2D eigenvalue weighted by molar-refractivity contribution is 0.472. The average Bonchev–Trinajstić information content (AvgIpc) is 2.48. The fraction of sp³-hybridized carbons (Fsp3) is 0.125. The molecular weight excluding hydrogens is 347 g/mol. The van der Waals surface area contributed by atoms with E-state index in [1.165, 1.54) is 0 Å². The summed E-state index contributed by atoms with van der Waals surface area (Å²) >= 11 is 5.40. The molecule has 5 heteroatoms. The maximum Gasteiger partial charge on any atom is 0.131 e. The van der Waals surface area contributed by atoms with E-state index in [0.29, 0.717) is 5.33 Å². The number of rotatable bonds is 1. The third-order valence-corrected chi connectivity index (χ3v) is 3.12. The number of alkyl halides is 1. The van der Waals surface area contributed by atoms with E-state index >= 15 is 0 Å². The molecule has 3 nitrogen and oxygen atoms in total. The highest BCUT2D eigenvalue weighted by Crippen LogP contribution is 2.25. The first-order valence-corrected chi connectivity index (χ1v) is 5.84. The van der Waals surface area contributed by atoms with Crippen molar-refractivity contribution in [3.05, 3.63) is 21.5 Å². The van der Waals surface area contributed by atoms with Crippen LogP contribution < -0.4 is 0 Å². The molecule has 0 fully saturated rings. The molecule has 0 aliphatic rings. The number of benzene rings is 1. The van der Waals surface area contributed by atoms with E-state index in [-0.39, 0.29) is 5.75 Å². The largest absolute Gasteiger partial charge is 0.507 e. The highest BCUT2D eigenvalue weighted by atomic mass is 127. The molecule has 2 aromatic rings. The smallest absolute Gasteiger partial charge is 0.131 e. The molecule has 0 spiro atoms. The summed E-state index contributed by atoms with van der Waals surface area (Å²) in [5.41, 5.74) is 1.75. The number of phenols is 1. The molecule has 0 aliphatic heterocycles. The van der Waals surface area contributed by atoms with Crippen molar-refractivity contribution in [2.45, 2.75) is 5.33 Å². The van der Waals surface area contributed by atoms with Gasteiger partial charge in [0.2, 0.25) is 0 Å². The predicted molar refractivity (Wildman–Crippen MR) is 63.1 cm³/mol. The molecule has 0 bridgehead atoms. The summed E-state index contributed by atoms with van der Waals surface area (Å²) < 4.78 is 0.829. The maximum absolute atomic E-state index is 9.43. The quantitative estimate of drug-likeness (QED) is 0.612. The summed E-state index contributed by atoms with van der Waals surface area (Å²) in [7, 11) is 0. The summed E-state index contributed by atoms with van der Waals surface area (Å²) in [6, 6.07) is 3.55. The third-order valence-electron chi connectivity index (χ3n) is 1.73. The van der Waals surface area contributed by atoms with Crippen molar-refractivity contribution in [1.82, 2.24) is 9.97 Å². The molecule has 68 valence electrons. The van der Waals surface area contributed by atoms with Crippen molar-refractivity contribution >= 4 is 49.6 Å². The van der Waals surface area contributed by atoms with Gasteiger partial charge in [-0.25, -0.2) is 4.98 Å². The molecule has 2 rings (SSSR count). The lowest BCUT2D eigenvalue weighted by Crippen LogP contribution is -1.76. The SMILES string of the molecule is Oc1cc2nc(CBr)[nH]c2cc1I. The molecule has 1 heterocycles. The van der Waals surface area contributed by atoms with Gasteiger partial charge in [-0.15, -0.1) is 0 Å². The first-order valence-electron chi connectivity index (χ1n) is 3.64. The molecule has 0 radical (unpaired) electrons. The van der Waals surface area contributed by atoms with Crippen LogP contribution in [-0.2, 0) is 5.33 Å². The van der Waals surface area contributed by atoms with Crippen molar-refractivity contribution in [2.24, 2.45) is 0 Å². The van der Waals surface area contributed by atoms with Crippen molar-refractivity contribution in [3.63, 3.8) is 0 Å². The monoisotopic (exact) mass is 352 g/mol. The van der Waals surface area contributed by atoms with E-state index in [1.807, 2.05) is 6.07 Å². The number of phenolic OH excluding ortho intramolecular Hbond substituents is 1. The highest BCUT2D eigenvalue weighted by Gasteiger charge is 2.05. The zero-order valence-electron chi connectivity index (χ0n) is 6.51. The number of hydrogen-bond donors (Lipinski definition) is 2. The van der Waals surface area contributed by atoms with Crippen LogP contribution in [-0.4, -0.2) is 15.1 Å². The van der Waals surface area contributed by atoms with Crippen LogP contribution in [0.25, 0.3) is 11.0 Å². The molecule has 2 N–H and O–H groups in total. The van der Waals surface area contributed by atoms with Gasteiger partial charge in [0, 0.05) is 6.07 Å². The summed E-state index contributed by atoms with van der Waals surface area (Å²) in [6.45, 7) is 0. The van der Waals surface area contributed by atoms with Crippen molar-refractivity contribution in [3.8, 4) is 5.75 Å². The van der Waals surface area contributed by atoms with Crippen molar-refractivity contribution in [2.75, 3.05) is 0 Å². The lowest BCUT2D eigenvalue weighted by Gasteiger charge is -1.94. The van der Waals surface area contributed by atoms with E-state index in [0.717, 1.165) is 20.4 Å². The second kappa shape index (κ2) is 3.45. The molecule has 13 heavy (non-hydrogen) atoms. The number of fused-ring (bicyclic) bond motifs is 1. The van der Waals surface area contributed by atoms with E-state index in [1.54, 1.807) is 6.07 Å². The highest BCUT2D eigenvalue weighted by molar-refractivity contribution is 14.1. The number of nitrogens with one attached hydrogen (secondary N) is 1. The number of H-pyrrole nitrogens is 1. The van der Waals surface area contributed by atoms with Gasteiger partial charge in [0.05, 0.1) is 19.9 Å². The molecule has 1 aromatic heterocycles. The predicted octanol–water partition coefficient (Wildman–Crippen LogP) is 2.77. The van der Waals surface area contributed by atoms with Crippen LogP contribution in [0.1, 0.15) is 5.82 Å². The maximum atomic E-state index is 9.43. The molecule has 0 aliphatic carbocycles. The Bertz CT molecular complexity index is 416. The van der Waals surface area contributed by atoms with Crippen LogP contribution in [0, 0.1) is 3.57 Å². The number of imidazole rings is 1. The van der Waals surface area contributed by atoms with Crippen LogP contribution in [0.2, 0.25) is 0 Å². The minimum Gasteiger partial charge on any atom is -0.507 e. The van der Waals surface area contributed by atoms with Crippen LogP contribution in [0.3, 0.4) is 0 Å². The topological polar surface area (TPSA) is 48.9 Å². The minimum atomic E-state index is 0.278. The zero-order chi connectivity index (χ0) is 9.42. The van der Waals surface area contributed by atoms with Gasteiger partial charge in [-0.2, -0.15) is 0 Å². The Kier molecular flexibility index (Phi) is 2.46. The summed E-state index contributed by atoms with van der Waals surface area (Å²) in [4.78, 5) is 7.41. The second-order valence-corrected chi connectivity index (χ2v) is 4.36. The van der Waals surface area contributed by atoms with Crippen molar-refractivity contribution in [1.29, 1.82) is 0 Å². The Labute approximate surface area is 96.8 Å². The molecule has 0 unspecified atom stereocenters. The number of aromatic hydroxyl groups is 1. The van der Waals surface area contributed by atoms with Gasteiger partial charge in [-0.05, 0) is 28.7 Å². The zero-order valence-corrected chi connectivity index (χ0v) is 10.3. The summed E-state index contributed by atoms with van der Waals surface area (Å²) in [5.74, 6) is 1.15. The molecular formula is C8H6BrIN2O. The van der Waals surface area contributed by atoms with E-state index in [9.17, 15) is 5.11 Å². The van der Waals surface area contributed by atoms with Gasteiger partial charge < -0.3 is 10.1 Å². The minimum absolute atomic E-state index is 0.278. The van der Waals surface area contributed by atoms with E-state index in [4.69, 9.17) is 0 Å². The molecule has 0 saturated heterocycles. The van der Waals surface area contributed by atoms with Crippen LogP contribution in [0.4, 0.5) is 0 Å². The molecule has 1 aromatic carbocycles. The number of halogens is 2. The van der Waals surface area contributed by atoms with Gasteiger partial charge in [-0.3, -0.25) is 0 Å². The van der Waals surface area contributed by atoms with Crippen LogP contribution in [0.5, 0.6) is 5.75 Å². The summed E-state index contributed by atoms with van der Waals surface area (Å²) in [5, 5.41) is 10.1. The first kappa shape index (κ1) is 9.26. The Morgan fingerprint density at radius 2 is 2.31 bits per heavy atom. The lowest BCUT2D eigenvalue weighted by atomic mass is 10.3. The third kappa shape index (κ3) is 1.67. The second-order valence-electron chi connectivity index (χ2n) is 2.64. The Morgan fingerprint density at radius 3 is 3.00 bits per heavy atom. The standard InChI is InChI=1S/C8H6BrIN2O/c9-3-8-11-5-1-4(10)7(13)2-6(5)12-8/h1-2,13H,3H2,(H,11,12). The Morgan fingerprint density at radius 1 is 1.54 bits per heavy atom. The van der Waals surface area contributed by atoms with Gasteiger partial charge in [0.15, 0.2) is 0 Å². The molecule has 0 atom stereocenters. The number of aromatic amines is 1. The normalized spacial score (nSPS) is 10.9. The Balaban J connectivity index is 2.70. The van der Waals surface area contributed by atoms with E-state index in [2.05, 4.69) is 48.5 Å². The molecule has 0 amide bonds. The van der Waals surface area contributed by atoms with Crippen LogP contribution in [0.15, 0.2) is 12.1 Å². The van der Waals surface area contributed by atoms with Gasteiger partial charge in [-0.1, -0.05) is 15.9 Å². The van der Waals surface area contributed by atoms with Gasteiger partial charge >= 0.3 is 0 Å². The van der Waals surface area contributed by atoms with Gasteiger partial charge in [0.25, 0.3) is 0 Å². The fourth-order valence-corrected chi connectivity index (χ4v) is 1.87. The van der Waals surface area contributed by atoms with Crippen LogP contribution >= 0.6 is 38.5 Å². The van der Waals surface area contributed by atoms with E-state index < -0.39 is 0 Å². The number of nitrogens with zero attached hydrogens (tertiary/aromatic N) is 1. The summed E-state index contributed by atoms with van der Waals surface area (Å²) in [6.07, 6.45) is 0.